The van der Waals surface area contributed by atoms with E-state index in [0.717, 1.165) is 70.6 Å². The van der Waals surface area contributed by atoms with Crippen LogP contribution in [0, 0.1) is 28.1 Å². The SMILES string of the molecule is CCCC(NC(=O)[C@@H]1[C@H]2CCC3(CC3)[C@H]2CN1C(=O)[C@@H](NC(=O)N[C@H](CN(C)S(C)=O)C(C)(C)C)C1(C)CCCCC1)C(=O)C(=O)NC1CC1. The predicted octanol–water partition coefficient (Wildman–Crippen LogP) is 3.41. The second-order valence-corrected chi connectivity index (χ2v) is 19.0. The Balaban J connectivity index is 1.40. The number of fused-ring (bicyclic) bond motifs is 2. The molecule has 1 saturated heterocycles. The molecule has 4 N–H and O–H groups in total. The van der Waals surface area contributed by atoms with Crippen LogP contribution >= 0.6 is 0 Å². The molecule has 0 aromatic rings. The summed E-state index contributed by atoms with van der Waals surface area (Å²) >= 11 is 0. The van der Waals surface area contributed by atoms with Gasteiger partial charge in [0, 0.05) is 31.4 Å². The van der Waals surface area contributed by atoms with E-state index in [2.05, 4.69) is 28.2 Å². The van der Waals surface area contributed by atoms with E-state index in [9.17, 15) is 23.4 Å². The first-order valence-electron chi connectivity index (χ1n) is 19.1. The number of Topliss-reactive ketones (excluding diaryl/α,β-unsaturated/α-hetero) is 1. The monoisotopic (exact) mass is 718 g/mol. The van der Waals surface area contributed by atoms with Gasteiger partial charge in [-0.15, -0.1) is 0 Å². The molecule has 1 spiro atoms. The molecule has 2 unspecified atom stereocenters. The quantitative estimate of drug-likeness (QED) is 0.202. The summed E-state index contributed by atoms with van der Waals surface area (Å²) in [6, 6.07) is -3.38. The lowest BCUT2D eigenvalue weighted by Crippen LogP contribution is -2.63. The zero-order valence-corrected chi connectivity index (χ0v) is 32.2. The Morgan fingerprint density at radius 2 is 1.60 bits per heavy atom. The number of hydrogen-bond acceptors (Lipinski definition) is 6. The average molecular weight is 719 g/mol. The second kappa shape index (κ2) is 15.2. The Hall–Kier alpha value is -2.54. The van der Waals surface area contributed by atoms with E-state index >= 15 is 4.79 Å². The van der Waals surface area contributed by atoms with E-state index in [0.29, 0.717) is 25.9 Å². The summed E-state index contributed by atoms with van der Waals surface area (Å²) in [4.78, 5) is 71.0. The molecule has 0 aromatic heterocycles. The zero-order chi connectivity index (χ0) is 36.6. The van der Waals surface area contributed by atoms with Crippen molar-refractivity contribution in [3.8, 4) is 0 Å². The lowest BCUT2D eigenvalue weighted by molar-refractivity contribution is -0.145. The molecule has 1 aliphatic heterocycles. The van der Waals surface area contributed by atoms with Gasteiger partial charge in [0.2, 0.25) is 17.6 Å². The molecule has 5 fully saturated rings. The third-order valence-electron chi connectivity index (χ3n) is 12.6. The number of hydrogen-bond donors (Lipinski definition) is 4. The minimum Gasteiger partial charge on any atom is -0.347 e. The molecule has 7 atom stereocenters. The molecule has 12 nitrogen and oxygen atoms in total. The molecule has 5 amide bonds. The molecule has 13 heteroatoms. The van der Waals surface area contributed by atoms with E-state index in [-0.39, 0.29) is 46.6 Å². The molecule has 4 aliphatic carbocycles. The fourth-order valence-electron chi connectivity index (χ4n) is 8.94. The van der Waals surface area contributed by atoms with Crippen molar-refractivity contribution in [3.05, 3.63) is 0 Å². The van der Waals surface area contributed by atoms with E-state index < -0.39 is 52.2 Å². The normalized spacial score (nSPS) is 27.5. The fraction of sp³-hybridized carbons (Fsp3) is 0.865. The molecule has 0 bridgehead atoms. The largest absolute Gasteiger partial charge is 0.347 e. The Labute approximate surface area is 301 Å². The molecule has 50 heavy (non-hydrogen) atoms. The van der Waals surface area contributed by atoms with E-state index in [4.69, 9.17) is 0 Å². The summed E-state index contributed by atoms with van der Waals surface area (Å²) in [6.45, 7) is 10.9. The van der Waals surface area contributed by atoms with Crippen molar-refractivity contribution < 1.29 is 28.2 Å². The van der Waals surface area contributed by atoms with Crippen LogP contribution in [0.2, 0.25) is 0 Å². The van der Waals surface area contributed by atoms with Crippen LogP contribution < -0.4 is 21.3 Å². The number of nitrogens with zero attached hydrogens (tertiary/aromatic N) is 2. The zero-order valence-electron chi connectivity index (χ0n) is 31.4. The highest BCUT2D eigenvalue weighted by Crippen LogP contribution is 2.66. The van der Waals surface area contributed by atoms with Crippen LogP contribution in [0.5, 0.6) is 0 Å². The minimum absolute atomic E-state index is 0.0272. The fourth-order valence-corrected chi connectivity index (χ4v) is 9.30. The Kier molecular flexibility index (Phi) is 11.8. The first kappa shape index (κ1) is 38.7. The number of carbonyl (C=O) groups excluding carboxylic acids is 5. The molecule has 0 aromatic carbocycles. The minimum atomic E-state index is -1.22. The number of urea groups is 1. The molecule has 5 aliphatic rings. The average Bonchev–Trinajstić information content (AvgIpc) is 3.96. The maximum atomic E-state index is 15.0. The number of ketones is 1. The number of rotatable bonds is 14. The number of nitrogens with one attached hydrogen (secondary N) is 4. The highest BCUT2D eigenvalue weighted by atomic mass is 32.2. The van der Waals surface area contributed by atoms with Crippen molar-refractivity contribution in [2.45, 2.75) is 148 Å². The van der Waals surface area contributed by atoms with Gasteiger partial charge in [-0.25, -0.2) is 13.3 Å². The predicted molar refractivity (Wildman–Crippen MR) is 193 cm³/mol. The molecule has 5 rings (SSSR count). The number of carbonyl (C=O) groups is 5. The van der Waals surface area contributed by atoms with Gasteiger partial charge >= 0.3 is 6.03 Å². The van der Waals surface area contributed by atoms with Crippen LogP contribution in [0.1, 0.15) is 118 Å². The highest BCUT2D eigenvalue weighted by Gasteiger charge is 2.64. The second-order valence-electron chi connectivity index (χ2n) is 17.5. The van der Waals surface area contributed by atoms with E-state index in [1.165, 1.54) is 0 Å². The summed E-state index contributed by atoms with van der Waals surface area (Å²) in [5.41, 5.74) is -0.708. The van der Waals surface area contributed by atoms with Crippen LogP contribution in [0.25, 0.3) is 0 Å². The van der Waals surface area contributed by atoms with Gasteiger partial charge in [-0.05, 0) is 92.9 Å². The third kappa shape index (κ3) is 8.56. The molecule has 1 heterocycles. The van der Waals surface area contributed by atoms with Gasteiger partial charge in [0.25, 0.3) is 5.91 Å². The van der Waals surface area contributed by atoms with Gasteiger partial charge in [0.15, 0.2) is 0 Å². The molecular weight excluding hydrogens is 657 g/mol. The van der Waals surface area contributed by atoms with Crippen molar-refractivity contribution in [1.82, 2.24) is 30.5 Å². The topological polar surface area (TPSA) is 157 Å². The van der Waals surface area contributed by atoms with Crippen LogP contribution in [0.3, 0.4) is 0 Å². The summed E-state index contributed by atoms with van der Waals surface area (Å²) in [6.07, 6.45) is 12.8. The standard InChI is InChI=1S/C37H62N6O6S/c1-8-12-26(29(44)32(46)38-23-13-14-23)39-31(45)28-24-15-18-37(19-20-37)25(24)21-43(28)33(47)30(36(5)16-10-9-11-17-36)41-34(48)40-27(35(2,3)4)22-42(6)50(7)49/h23-28,30H,8-22H2,1-7H3,(H,38,46)(H,39,45)(H2,40,41,48)/t24-,25-,26?,27+,28-,30+,50?/m0/s1. The smallest absolute Gasteiger partial charge is 0.315 e. The van der Waals surface area contributed by atoms with E-state index in [1.807, 2.05) is 27.7 Å². The third-order valence-corrected chi connectivity index (χ3v) is 13.7. The molecule has 4 saturated carbocycles. The number of amides is 5. The first-order valence-corrected chi connectivity index (χ1v) is 20.6. The molecular formula is C37H62N6O6S. The van der Waals surface area contributed by atoms with Gasteiger partial charge in [0.1, 0.15) is 12.1 Å². The summed E-state index contributed by atoms with van der Waals surface area (Å²) < 4.78 is 13.9. The van der Waals surface area contributed by atoms with Gasteiger partial charge in [0.05, 0.1) is 17.0 Å². The van der Waals surface area contributed by atoms with Gasteiger partial charge in [-0.3, -0.25) is 19.2 Å². The maximum Gasteiger partial charge on any atom is 0.315 e. The number of likely N-dealkylation sites (N-methyl/N-ethyl adjacent to an activating group) is 1. The van der Waals surface area contributed by atoms with Crippen LogP contribution in [-0.2, 0) is 30.2 Å². The lowest BCUT2D eigenvalue weighted by Gasteiger charge is -2.43. The summed E-state index contributed by atoms with van der Waals surface area (Å²) in [7, 11) is 0.539. The summed E-state index contributed by atoms with van der Waals surface area (Å²) in [5, 5.41) is 11.9. The van der Waals surface area contributed by atoms with Gasteiger partial charge < -0.3 is 26.2 Å². The maximum absolute atomic E-state index is 15.0. The number of likely N-dealkylation sites (tertiary alicyclic amines) is 1. The van der Waals surface area contributed by atoms with Crippen LogP contribution in [0.4, 0.5) is 4.79 Å². The van der Waals surface area contributed by atoms with Crippen molar-refractivity contribution >= 4 is 40.5 Å². The lowest BCUT2D eigenvalue weighted by atomic mass is 9.70. The van der Waals surface area contributed by atoms with Gasteiger partial charge in [-0.2, -0.15) is 0 Å². The molecule has 0 radical (unpaired) electrons. The Morgan fingerprint density at radius 3 is 2.16 bits per heavy atom. The van der Waals surface area contributed by atoms with Crippen molar-refractivity contribution in [2.75, 3.05) is 26.4 Å². The van der Waals surface area contributed by atoms with E-state index in [1.54, 1.807) is 22.5 Å². The highest BCUT2D eigenvalue weighted by molar-refractivity contribution is 7.81. The van der Waals surface area contributed by atoms with Crippen molar-refractivity contribution in [2.24, 2.45) is 28.1 Å². The van der Waals surface area contributed by atoms with Crippen molar-refractivity contribution in [1.29, 1.82) is 0 Å². The van der Waals surface area contributed by atoms with Gasteiger partial charge in [-0.1, -0.05) is 60.3 Å². The molecule has 282 valence electrons. The van der Waals surface area contributed by atoms with Crippen LogP contribution in [-0.4, -0.2) is 99.6 Å². The Morgan fingerprint density at radius 1 is 0.940 bits per heavy atom. The Bertz CT molecular complexity index is 1340. The summed E-state index contributed by atoms with van der Waals surface area (Å²) in [5.74, 6) is -1.78. The van der Waals surface area contributed by atoms with Crippen LogP contribution in [0.15, 0.2) is 0 Å². The van der Waals surface area contributed by atoms with Crippen molar-refractivity contribution in [3.63, 3.8) is 0 Å². The first-order chi connectivity index (χ1) is 23.5.